The van der Waals surface area contributed by atoms with Crippen molar-refractivity contribution in [3.63, 3.8) is 0 Å². The van der Waals surface area contributed by atoms with Crippen LogP contribution in [0, 0.1) is 11.6 Å². The molecule has 0 bridgehead atoms. The number of ether oxygens (including phenoxy) is 3. The highest BCUT2D eigenvalue weighted by molar-refractivity contribution is 9.09. The lowest BCUT2D eigenvalue weighted by Crippen LogP contribution is -2.20. The maximum atomic E-state index is 13.8. The lowest BCUT2D eigenvalue weighted by molar-refractivity contribution is 0.262. The molecule has 3 aromatic carbocycles. The van der Waals surface area contributed by atoms with Crippen molar-refractivity contribution in [3.05, 3.63) is 77.5 Å². The number of halogens is 4. The molecule has 0 saturated heterocycles. The van der Waals surface area contributed by atoms with Crippen molar-refractivity contribution in [3.8, 4) is 23.0 Å². The molecule has 0 aliphatic rings. The largest absolute Gasteiger partial charge is 0.493 e. The Morgan fingerprint density at radius 3 is 2.50 bits per heavy atom. The van der Waals surface area contributed by atoms with Crippen LogP contribution in [0.5, 0.6) is 23.0 Å². The van der Waals surface area contributed by atoms with Crippen molar-refractivity contribution in [1.29, 1.82) is 0 Å². The van der Waals surface area contributed by atoms with Gasteiger partial charge in [-0.2, -0.15) is 0 Å². The van der Waals surface area contributed by atoms with Crippen molar-refractivity contribution in [1.82, 2.24) is 4.98 Å². The molecule has 11 heteroatoms. The summed E-state index contributed by atoms with van der Waals surface area (Å²) < 4.78 is 44.0. The van der Waals surface area contributed by atoms with Crippen LogP contribution in [-0.4, -0.2) is 30.1 Å². The summed E-state index contributed by atoms with van der Waals surface area (Å²) in [5.41, 5.74) is 0.733. The first-order chi connectivity index (χ1) is 17.4. The molecule has 0 aliphatic carbocycles. The average molecular weight is 579 g/mol. The molecule has 0 aliphatic heterocycles. The Morgan fingerprint density at radius 2 is 1.78 bits per heavy atom. The van der Waals surface area contributed by atoms with E-state index in [2.05, 4.69) is 31.5 Å². The zero-order valence-corrected chi connectivity index (χ0v) is 21.1. The molecule has 4 aromatic rings. The van der Waals surface area contributed by atoms with Crippen LogP contribution in [0.1, 0.15) is 0 Å². The Hall–Kier alpha value is -3.63. The van der Waals surface area contributed by atoms with E-state index in [1.165, 1.54) is 12.1 Å². The number of fused-ring (bicyclic) bond motifs is 1. The highest BCUT2D eigenvalue weighted by atomic mass is 79.9. The molecular weight excluding hydrogens is 560 g/mol. The van der Waals surface area contributed by atoms with E-state index in [0.717, 1.165) is 12.1 Å². The number of alkyl halides is 1. The molecule has 1 heterocycles. The first kappa shape index (κ1) is 25.5. The third-order valence-corrected chi connectivity index (χ3v) is 5.55. The second-order valence-electron chi connectivity index (χ2n) is 7.31. The number of urea groups is 1. The Bertz CT molecular complexity index is 1420. The second kappa shape index (κ2) is 11.4. The fourth-order valence-electron chi connectivity index (χ4n) is 3.29. The lowest BCUT2D eigenvalue weighted by Gasteiger charge is -2.14. The Balaban J connectivity index is 1.51. The van der Waals surface area contributed by atoms with Gasteiger partial charge >= 0.3 is 6.03 Å². The summed E-state index contributed by atoms with van der Waals surface area (Å²) in [4.78, 5) is 16.6. The van der Waals surface area contributed by atoms with Crippen molar-refractivity contribution < 1.29 is 27.8 Å². The Kier molecular flexibility index (Phi) is 8.07. The highest BCUT2D eigenvalue weighted by Crippen LogP contribution is 2.38. The molecule has 0 spiro atoms. The molecule has 186 valence electrons. The summed E-state index contributed by atoms with van der Waals surface area (Å²) >= 11 is 9.66. The van der Waals surface area contributed by atoms with Crippen LogP contribution in [0.25, 0.3) is 10.9 Å². The van der Waals surface area contributed by atoms with Crippen LogP contribution >= 0.6 is 27.5 Å². The van der Waals surface area contributed by atoms with Crippen molar-refractivity contribution >= 4 is 55.8 Å². The third kappa shape index (κ3) is 5.95. The molecule has 1 aromatic heterocycles. The van der Waals surface area contributed by atoms with Gasteiger partial charge < -0.3 is 24.8 Å². The van der Waals surface area contributed by atoms with Gasteiger partial charge in [0.1, 0.15) is 23.1 Å². The van der Waals surface area contributed by atoms with Crippen LogP contribution in [0.2, 0.25) is 5.02 Å². The number of benzene rings is 3. The van der Waals surface area contributed by atoms with Crippen LogP contribution in [0.3, 0.4) is 0 Å². The number of nitrogens with zero attached hydrogens (tertiary/aromatic N) is 1. The number of carbonyl (C=O) groups is 1. The number of nitrogens with one attached hydrogen (secondary N) is 2. The normalized spacial score (nSPS) is 10.7. The SMILES string of the molecule is COc1cc2c(Oc3ccc(NC(=O)Nc4ccc(F)cc4F)c(Cl)c3)ccnc2cc1OCCBr. The predicted molar refractivity (Wildman–Crippen MR) is 138 cm³/mol. The number of hydrogen-bond donors (Lipinski definition) is 2. The van der Waals surface area contributed by atoms with Crippen LogP contribution in [0.4, 0.5) is 25.0 Å². The molecule has 7 nitrogen and oxygen atoms in total. The number of methoxy groups -OCH3 is 1. The fraction of sp³-hybridized carbons (Fsp3) is 0.120. The van der Waals surface area contributed by atoms with Gasteiger partial charge in [-0.1, -0.05) is 27.5 Å². The summed E-state index contributed by atoms with van der Waals surface area (Å²) in [6, 6.07) is 12.0. The summed E-state index contributed by atoms with van der Waals surface area (Å²) in [5.74, 6) is 0.353. The minimum Gasteiger partial charge on any atom is -0.493 e. The van der Waals surface area contributed by atoms with E-state index in [9.17, 15) is 13.6 Å². The monoisotopic (exact) mass is 577 g/mol. The maximum absolute atomic E-state index is 13.8. The van der Waals surface area contributed by atoms with E-state index in [1.54, 1.807) is 37.6 Å². The van der Waals surface area contributed by atoms with Gasteiger partial charge in [0.15, 0.2) is 11.5 Å². The highest BCUT2D eigenvalue weighted by Gasteiger charge is 2.14. The number of carbonyl (C=O) groups excluding carboxylic acids is 1. The van der Waals surface area contributed by atoms with E-state index in [0.29, 0.717) is 51.9 Å². The summed E-state index contributed by atoms with van der Waals surface area (Å²) in [5, 5.41) is 6.37. The number of rotatable bonds is 8. The van der Waals surface area contributed by atoms with Gasteiger partial charge in [0.2, 0.25) is 0 Å². The van der Waals surface area contributed by atoms with E-state index < -0.39 is 17.7 Å². The Morgan fingerprint density at radius 1 is 1.00 bits per heavy atom. The number of pyridine rings is 1. The van der Waals surface area contributed by atoms with Gasteiger partial charge in [-0.15, -0.1) is 0 Å². The molecular formula is C25H19BrClF2N3O4. The van der Waals surface area contributed by atoms with Crippen LogP contribution in [0.15, 0.2) is 60.8 Å². The van der Waals surface area contributed by atoms with E-state index in [4.69, 9.17) is 25.8 Å². The first-order valence-corrected chi connectivity index (χ1v) is 12.0. The van der Waals surface area contributed by atoms with Gasteiger partial charge in [-0.3, -0.25) is 4.98 Å². The van der Waals surface area contributed by atoms with Gasteiger partial charge in [-0.05, 0) is 36.4 Å². The second-order valence-corrected chi connectivity index (χ2v) is 8.51. The minimum absolute atomic E-state index is 0.175. The number of aromatic nitrogens is 1. The number of hydrogen-bond acceptors (Lipinski definition) is 5. The molecule has 4 rings (SSSR count). The standard InChI is InChI=1S/C25H19BrClF2N3O4/c1-34-23-12-16-21(13-24(23)35-9-7-26)30-8-6-22(16)36-15-3-5-19(17(27)11-15)31-25(33)32-20-4-2-14(28)10-18(20)29/h2-6,8,10-13H,7,9H2,1H3,(H2,31,32,33). The quantitative estimate of drug-likeness (QED) is 0.213. The fourth-order valence-corrected chi connectivity index (χ4v) is 3.67. The van der Waals surface area contributed by atoms with Crippen LogP contribution < -0.4 is 24.8 Å². The van der Waals surface area contributed by atoms with Gasteiger partial charge in [0, 0.05) is 35.1 Å². The summed E-state index contributed by atoms with van der Waals surface area (Å²) in [7, 11) is 1.55. The van der Waals surface area contributed by atoms with Crippen molar-refractivity contribution in [2.45, 2.75) is 0 Å². The van der Waals surface area contributed by atoms with E-state index in [1.807, 2.05) is 0 Å². The van der Waals surface area contributed by atoms with Gasteiger partial charge in [-0.25, -0.2) is 13.6 Å². The van der Waals surface area contributed by atoms with Gasteiger partial charge in [0.25, 0.3) is 0 Å². The molecule has 0 unspecified atom stereocenters. The van der Waals surface area contributed by atoms with E-state index >= 15 is 0 Å². The topological polar surface area (TPSA) is 81.7 Å². The molecule has 2 amide bonds. The van der Waals surface area contributed by atoms with E-state index in [-0.39, 0.29) is 16.4 Å². The molecule has 0 atom stereocenters. The summed E-state index contributed by atoms with van der Waals surface area (Å²) in [6.45, 7) is 0.466. The van der Waals surface area contributed by atoms with Crippen molar-refractivity contribution in [2.24, 2.45) is 0 Å². The van der Waals surface area contributed by atoms with Crippen molar-refractivity contribution in [2.75, 3.05) is 29.7 Å². The van der Waals surface area contributed by atoms with Gasteiger partial charge in [0.05, 0.1) is 35.6 Å². The average Bonchev–Trinajstić information content (AvgIpc) is 2.85. The lowest BCUT2D eigenvalue weighted by atomic mass is 10.2. The Labute approximate surface area is 218 Å². The van der Waals surface area contributed by atoms with Crippen LogP contribution in [-0.2, 0) is 0 Å². The number of anilines is 2. The molecule has 36 heavy (non-hydrogen) atoms. The smallest absolute Gasteiger partial charge is 0.323 e. The number of amides is 2. The third-order valence-electron chi connectivity index (χ3n) is 4.92. The predicted octanol–water partition coefficient (Wildman–Crippen LogP) is 7.39. The molecule has 0 saturated carbocycles. The molecule has 0 fully saturated rings. The molecule has 2 N–H and O–H groups in total. The minimum atomic E-state index is -0.900. The molecule has 0 radical (unpaired) electrons. The zero-order valence-electron chi connectivity index (χ0n) is 18.8. The maximum Gasteiger partial charge on any atom is 0.323 e. The summed E-state index contributed by atoms with van der Waals surface area (Å²) in [6.07, 6.45) is 1.61. The zero-order chi connectivity index (χ0) is 25.7. The first-order valence-electron chi connectivity index (χ1n) is 10.5.